The van der Waals surface area contributed by atoms with Crippen LogP contribution in [-0.4, -0.2) is 214 Å². The summed E-state index contributed by atoms with van der Waals surface area (Å²) in [6.07, 6.45) is -20.2. The number of primary amides is 1. The lowest BCUT2D eigenvalue weighted by Gasteiger charge is -2.47. The zero-order valence-electron chi connectivity index (χ0n) is 61.9. The van der Waals surface area contributed by atoms with Crippen molar-refractivity contribution in [3.8, 4) is 57.1 Å². The molecule has 23 N–H and O–H groups in total. The molecular weight excluding hydrogens is 1510 g/mol. The van der Waals surface area contributed by atoms with Crippen molar-refractivity contribution in [2.24, 2.45) is 23.1 Å². The van der Waals surface area contributed by atoms with Crippen molar-refractivity contribution in [3.63, 3.8) is 0 Å². The zero-order chi connectivity index (χ0) is 81.8. The van der Waals surface area contributed by atoms with Gasteiger partial charge in [0.05, 0.1) is 59.6 Å². The number of rotatable bonds is 15. The molecule has 22 atom stereocenters. The molecule has 8 aliphatic rings. The third-order valence-electron chi connectivity index (χ3n) is 21.2. The lowest BCUT2D eigenvalue weighted by atomic mass is 9.73. The SMILES string of the molecule is CN[C@H](CC(C)C)C(=O)N[C@H]1C(=O)N[C@@H](CC(N)=O)C(=O)N[C@H]2C(=O)N[C@H]3C(=O)N[C@](C)(C(=O)N[C@H](C(=O)O)c4cc(O)cc(O)c4-c4cc3ccc4O)[C@H](C[C@H]3C[C@](C)(N)[C@@H](O)[C@H](C)O3)c3ccc(c(Cl)c3)Oc3cc2cc(c3O[C@@H]2O[C@H](CO)[C@@H](O)[C@H](O)[C@H]2O[C@@H]2C[C@](C)(N)[C@@H](O)[C@H](C)O2)Oc2ccc(cc2Cl)[C@H]1O. The molecule has 5 aromatic carbocycles. The van der Waals surface area contributed by atoms with Gasteiger partial charge in [0, 0.05) is 46.2 Å². The summed E-state index contributed by atoms with van der Waals surface area (Å²) in [7, 11) is 1.48. The number of carbonyl (C=O) groups is 8. The highest BCUT2D eigenvalue weighted by Gasteiger charge is 2.54. The maximum absolute atomic E-state index is 16.5. The fraction of sp³-hybridized carbons (Fsp3) is 0.493. The normalized spacial score (nSPS) is 32.5. The van der Waals surface area contributed by atoms with E-state index in [9.17, 15) is 65.4 Å². The standard InChI is InChI=1S/C75H92Cl2N10O25/c1-28(2)15-42(81-8)65(98)85-57-58(93)33-11-14-47(41(77)18-33)109-49-20-34-19-48(61(49)112-71-62(60(95)59(94)50(27-88)110-71)111-52-26-74(6,80)64(97)30(4)107-52)108-46-13-10-31(17-40(46)76)39(23-36-25-73(5,79)63(96)29(3)106-36)75(7)72(105)86-56(70(103)104)38-21-35(89)22-45(91)53(38)37-16-32(9-12-44(37)90)54(69(102)87-75)84-67(100)55(34)83-66(99)43(24-51(78)92)82-68(57)101/h9-14,16-22,28-30,36,39,42-43,50,52,54-60,62-64,71,81,88-91,93-97H,15,23-27,79-80H2,1-8H3,(H2,78,92)(H,82,101)(H,83,99)(H,84,100)(H,85,98)(H,86,105)(H,87,102)(H,103,104)/t29-,30-,36-,39+,42+,43-,50+,52+,54+,55+,56-,57+,58+,59+,60-,62+,63-,64-,71-,73-,74-,75-/m0/s1. The van der Waals surface area contributed by atoms with Gasteiger partial charge in [-0.3, -0.25) is 33.6 Å². The van der Waals surface area contributed by atoms with Gasteiger partial charge < -0.3 is 139 Å². The first-order valence-corrected chi connectivity index (χ1v) is 36.8. The molecule has 7 amide bonds. The second-order valence-corrected chi connectivity index (χ2v) is 31.2. The number of carboxylic acids is 1. The Morgan fingerprint density at radius 3 is 1.88 bits per heavy atom. The van der Waals surface area contributed by atoms with Crippen molar-refractivity contribution in [1.29, 1.82) is 0 Å². The monoisotopic (exact) mass is 1600 g/mol. The summed E-state index contributed by atoms with van der Waals surface area (Å²) in [4.78, 5) is 121. The van der Waals surface area contributed by atoms with Gasteiger partial charge in [0.2, 0.25) is 53.4 Å². The molecule has 0 spiro atoms. The van der Waals surface area contributed by atoms with E-state index in [1.807, 2.05) is 13.8 Å². The van der Waals surface area contributed by atoms with E-state index >= 15 is 24.0 Å². The van der Waals surface area contributed by atoms with Crippen molar-refractivity contribution in [2.75, 3.05) is 13.7 Å². The van der Waals surface area contributed by atoms with E-state index in [-0.39, 0.29) is 69.8 Å². The second kappa shape index (κ2) is 33.0. The number of carboxylic acid groups (broad SMARTS) is 1. The molecule has 0 aromatic heterocycles. The number of phenols is 3. The lowest BCUT2D eigenvalue weighted by Crippen LogP contribution is -2.64. The number of aromatic hydroxyl groups is 3. The summed E-state index contributed by atoms with van der Waals surface area (Å²) in [6.45, 7) is 9.97. The number of fused-ring (bicyclic) bond motifs is 15. The Morgan fingerprint density at radius 1 is 0.688 bits per heavy atom. The van der Waals surface area contributed by atoms with Crippen LogP contribution < -0.4 is 68.6 Å². The third-order valence-corrected chi connectivity index (χ3v) is 21.8. The predicted molar refractivity (Wildman–Crippen MR) is 394 cm³/mol. The van der Waals surface area contributed by atoms with E-state index in [4.69, 9.17) is 73.6 Å². The number of likely N-dealkylation sites (N-methyl/N-ethyl adjacent to an activating group) is 1. The number of hydrogen-bond acceptors (Lipinski definition) is 27. The molecule has 35 nitrogen and oxygen atoms in total. The van der Waals surface area contributed by atoms with Crippen molar-refractivity contribution < 1.29 is 123 Å². The molecule has 3 fully saturated rings. The number of carbonyl (C=O) groups excluding carboxylic acids is 7. The highest BCUT2D eigenvalue weighted by molar-refractivity contribution is 6.32. The van der Waals surface area contributed by atoms with E-state index < -0.39 is 250 Å². The Labute approximate surface area is 651 Å². The van der Waals surface area contributed by atoms with Crippen LogP contribution >= 0.6 is 23.2 Å². The maximum atomic E-state index is 16.5. The molecule has 11 bridgehead atoms. The van der Waals surface area contributed by atoms with Gasteiger partial charge in [-0.1, -0.05) is 55.2 Å². The van der Waals surface area contributed by atoms with Crippen molar-refractivity contribution in [3.05, 3.63) is 117 Å². The number of aliphatic hydroxyl groups excluding tert-OH is 6. The molecule has 5 aromatic rings. The quantitative estimate of drug-likeness (QED) is 0.0700. The first-order valence-electron chi connectivity index (χ1n) is 36.0. The Kier molecular flexibility index (Phi) is 24.7. The molecule has 13 rings (SSSR count). The van der Waals surface area contributed by atoms with Crippen LogP contribution in [0.15, 0.2) is 78.9 Å². The number of phenolic OH excluding ortho intramolecular Hbond substituents is 3. The molecule has 0 aliphatic carbocycles. The molecule has 3 saturated heterocycles. The smallest absolute Gasteiger partial charge is 0.330 e. The van der Waals surface area contributed by atoms with E-state index in [2.05, 4.69) is 37.2 Å². The number of benzene rings is 5. The van der Waals surface area contributed by atoms with Crippen molar-refractivity contribution in [1.82, 2.24) is 37.2 Å². The fourth-order valence-corrected chi connectivity index (χ4v) is 15.6. The average Bonchev–Trinajstić information content (AvgIpc) is 0.755. The van der Waals surface area contributed by atoms with Gasteiger partial charge in [0.25, 0.3) is 0 Å². The van der Waals surface area contributed by atoms with Crippen LogP contribution in [-0.2, 0) is 57.3 Å². The number of nitrogens with two attached hydrogens (primary N) is 3. The average molecular weight is 1600 g/mol. The molecule has 0 radical (unpaired) electrons. The van der Waals surface area contributed by atoms with Gasteiger partial charge in [-0.25, -0.2) is 4.79 Å². The summed E-state index contributed by atoms with van der Waals surface area (Å²) >= 11 is 14.6. The van der Waals surface area contributed by atoms with Gasteiger partial charge >= 0.3 is 5.97 Å². The minimum atomic E-state index is -2.56. The maximum Gasteiger partial charge on any atom is 0.330 e. The van der Waals surface area contributed by atoms with Crippen LogP contribution in [0.3, 0.4) is 0 Å². The first kappa shape index (κ1) is 83.6. The third kappa shape index (κ3) is 17.3. The highest BCUT2D eigenvalue weighted by atomic mass is 35.5. The van der Waals surface area contributed by atoms with E-state index in [1.54, 1.807) is 13.8 Å². The summed E-state index contributed by atoms with van der Waals surface area (Å²) in [6, 6.07) is 2.48. The minimum absolute atomic E-state index is 0.0529. The molecule has 37 heteroatoms. The van der Waals surface area contributed by atoms with Gasteiger partial charge in [-0.05, 0) is 144 Å². The van der Waals surface area contributed by atoms with E-state index in [0.29, 0.717) is 0 Å². The highest BCUT2D eigenvalue weighted by Crippen LogP contribution is 2.51. The van der Waals surface area contributed by atoms with Crippen LogP contribution in [0.4, 0.5) is 0 Å². The lowest BCUT2D eigenvalue weighted by molar-refractivity contribution is -0.333. The van der Waals surface area contributed by atoms with Crippen molar-refractivity contribution in [2.45, 2.75) is 213 Å². The van der Waals surface area contributed by atoms with Crippen LogP contribution in [0, 0.1) is 5.92 Å². The largest absolute Gasteiger partial charge is 0.508 e. The molecule has 0 unspecified atom stereocenters. The fourth-order valence-electron chi connectivity index (χ4n) is 15.2. The van der Waals surface area contributed by atoms with Crippen molar-refractivity contribution >= 4 is 70.5 Å². The molecular formula is C75H92Cl2N10O25. The van der Waals surface area contributed by atoms with E-state index in [1.165, 1.54) is 58.2 Å². The Morgan fingerprint density at radius 2 is 1.29 bits per heavy atom. The topological polar surface area (TPSA) is 566 Å². The predicted octanol–water partition coefficient (Wildman–Crippen LogP) is 1.19. The minimum Gasteiger partial charge on any atom is -0.508 e. The van der Waals surface area contributed by atoms with E-state index in [0.717, 1.165) is 48.5 Å². The van der Waals surface area contributed by atoms with Crippen LogP contribution in [0.5, 0.6) is 46.0 Å². The number of nitrogens with one attached hydrogen (secondary N) is 7. The number of hydrogen-bond donors (Lipinski definition) is 20. The second-order valence-electron chi connectivity index (χ2n) is 30.3. The summed E-state index contributed by atoms with van der Waals surface area (Å²) in [5, 5.41) is 133. The van der Waals surface area contributed by atoms with Gasteiger partial charge in [0.15, 0.2) is 29.9 Å². The van der Waals surface area contributed by atoms with Gasteiger partial charge in [-0.2, -0.15) is 0 Å². The molecule has 8 aliphatic heterocycles. The number of ether oxygens (including phenoxy) is 7. The number of halogens is 2. The molecule has 606 valence electrons. The van der Waals surface area contributed by atoms with Crippen LogP contribution in [0.1, 0.15) is 139 Å². The summed E-state index contributed by atoms with van der Waals surface area (Å²) in [5.74, 6) is -17.1. The van der Waals surface area contributed by atoms with Crippen LogP contribution in [0.25, 0.3) is 11.1 Å². The number of aliphatic hydroxyl groups is 6. The summed E-state index contributed by atoms with van der Waals surface area (Å²) < 4.78 is 45.4. The molecule has 8 heterocycles. The zero-order valence-corrected chi connectivity index (χ0v) is 63.4. The van der Waals surface area contributed by atoms with Crippen LogP contribution in [0.2, 0.25) is 10.0 Å². The Balaban J connectivity index is 1.20. The summed E-state index contributed by atoms with van der Waals surface area (Å²) in [5.41, 5.74) is 11.4. The molecule has 112 heavy (non-hydrogen) atoms. The van der Waals surface area contributed by atoms with Gasteiger partial charge in [-0.15, -0.1) is 0 Å². The van der Waals surface area contributed by atoms with Gasteiger partial charge in [0.1, 0.15) is 82.9 Å². The number of aliphatic carboxylic acids is 1. The first-order chi connectivity index (χ1) is 52.6. The molecule has 0 saturated carbocycles. The number of amides is 7. The Bertz CT molecular complexity index is 4480. The Hall–Kier alpha value is -9.28.